The van der Waals surface area contributed by atoms with E-state index in [0.717, 1.165) is 18.3 Å². The SMILES string of the molecule is [CH2]CCC(CCCCCCCCCCC)(CC(CCC)CCC)CC(CCC)CCC. The molecule has 0 rings (SSSR count). The molecule has 0 unspecified atom stereocenters. The highest BCUT2D eigenvalue weighted by molar-refractivity contribution is 4.85. The zero-order chi connectivity index (χ0) is 23.2. The van der Waals surface area contributed by atoms with E-state index in [1.54, 1.807) is 0 Å². The van der Waals surface area contributed by atoms with Gasteiger partial charge in [-0.3, -0.25) is 0 Å². The number of hydrogen-bond acceptors (Lipinski definition) is 0. The van der Waals surface area contributed by atoms with Crippen molar-refractivity contribution in [1.29, 1.82) is 0 Å². The second-order valence-electron chi connectivity index (χ2n) is 11.0. The lowest BCUT2D eigenvalue weighted by Gasteiger charge is -2.40. The molecule has 0 aliphatic heterocycles. The smallest absolute Gasteiger partial charge is 0.0292 e. The quantitative estimate of drug-likeness (QED) is 0.132. The largest absolute Gasteiger partial charge is 0.0654 e. The van der Waals surface area contributed by atoms with Gasteiger partial charge in [-0.2, -0.15) is 0 Å². The summed E-state index contributed by atoms with van der Waals surface area (Å²) in [5, 5.41) is 0. The molecule has 0 aromatic heterocycles. The lowest BCUT2D eigenvalue weighted by Crippen LogP contribution is -2.28. The molecule has 0 aromatic rings. The van der Waals surface area contributed by atoms with Crippen LogP contribution in [0.3, 0.4) is 0 Å². The summed E-state index contributed by atoms with van der Waals surface area (Å²) in [7, 11) is 0. The van der Waals surface area contributed by atoms with E-state index in [1.807, 2.05) is 0 Å². The topological polar surface area (TPSA) is 0 Å². The van der Waals surface area contributed by atoms with Crippen molar-refractivity contribution < 1.29 is 0 Å². The molecular formula is C31H63. The van der Waals surface area contributed by atoms with Crippen molar-refractivity contribution in [3.8, 4) is 0 Å². The molecule has 0 N–H and O–H groups in total. The maximum absolute atomic E-state index is 4.36. The standard InChI is InChI=1S/C31H63/c1-7-13-14-15-16-17-18-19-20-26-31(25-12-6,27-29(21-8-2)22-9-3)28-30(23-10-4)24-11-5/h29-30H,6-28H2,1-5H3. The van der Waals surface area contributed by atoms with Gasteiger partial charge in [0.15, 0.2) is 0 Å². The van der Waals surface area contributed by atoms with E-state index in [2.05, 4.69) is 41.5 Å². The molecule has 0 atom stereocenters. The first-order valence-corrected chi connectivity index (χ1v) is 14.9. The van der Waals surface area contributed by atoms with Crippen molar-refractivity contribution in [2.75, 3.05) is 0 Å². The Morgan fingerprint density at radius 3 is 1.23 bits per heavy atom. The van der Waals surface area contributed by atoms with Crippen molar-refractivity contribution in [1.82, 2.24) is 0 Å². The average molecular weight is 436 g/mol. The van der Waals surface area contributed by atoms with Crippen LogP contribution in [-0.4, -0.2) is 0 Å². The van der Waals surface area contributed by atoms with E-state index < -0.39 is 0 Å². The molecule has 1 radical (unpaired) electrons. The van der Waals surface area contributed by atoms with E-state index in [4.69, 9.17) is 0 Å². The third-order valence-corrected chi connectivity index (χ3v) is 7.75. The molecule has 0 aliphatic rings. The minimum Gasteiger partial charge on any atom is -0.0654 e. The van der Waals surface area contributed by atoms with Gasteiger partial charge in [0, 0.05) is 0 Å². The summed E-state index contributed by atoms with van der Waals surface area (Å²) in [5.41, 5.74) is 0.576. The summed E-state index contributed by atoms with van der Waals surface area (Å²) in [4.78, 5) is 0. The lowest BCUT2D eigenvalue weighted by atomic mass is 9.65. The Bertz CT molecular complexity index is 314. The maximum Gasteiger partial charge on any atom is -0.0292 e. The molecule has 0 fully saturated rings. The fraction of sp³-hybridized carbons (Fsp3) is 0.968. The Morgan fingerprint density at radius 1 is 0.484 bits per heavy atom. The molecule has 0 nitrogen and oxygen atoms in total. The molecule has 0 aliphatic carbocycles. The highest BCUT2D eigenvalue weighted by Gasteiger charge is 2.33. The van der Waals surface area contributed by atoms with Gasteiger partial charge in [-0.05, 0) is 42.9 Å². The molecule has 0 heterocycles. The molecule has 0 spiro atoms. The van der Waals surface area contributed by atoms with Gasteiger partial charge in [-0.25, -0.2) is 0 Å². The van der Waals surface area contributed by atoms with Crippen LogP contribution < -0.4 is 0 Å². The number of rotatable bonds is 24. The normalized spacial score (nSPS) is 12.4. The van der Waals surface area contributed by atoms with Crippen LogP contribution in [0.4, 0.5) is 0 Å². The Hall–Kier alpha value is 0. The number of hydrogen-bond donors (Lipinski definition) is 0. The molecular weight excluding hydrogens is 372 g/mol. The van der Waals surface area contributed by atoms with Crippen LogP contribution in [0.5, 0.6) is 0 Å². The summed E-state index contributed by atoms with van der Waals surface area (Å²) in [6.07, 6.45) is 31.2. The van der Waals surface area contributed by atoms with Gasteiger partial charge >= 0.3 is 0 Å². The van der Waals surface area contributed by atoms with E-state index in [-0.39, 0.29) is 0 Å². The van der Waals surface area contributed by atoms with Crippen LogP contribution in [0.25, 0.3) is 0 Å². The van der Waals surface area contributed by atoms with Gasteiger partial charge in [0.2, 0.25) is 0 Å². The Balaban J connectivity index is 4.97. The fourth-order valence-electron chi connectivity index (χ4n) is 6.36. The van der Waals surface area contributed by atoms with Crippen LogP contribution in [0.2, 0.25) is 0 Å². The van der Waals surface area contributed by atoms with E-state index in [0.29, 0.717) is 5.41 Å². The summed E-state index contributed by atoms with van der Waals surface area (Å²) in [6.45, 7) is 16.2. The predicted octanol–water partition coefficient (Wildman–Crippen LogP) is 11.7. The molecule has 0 aromatic carbocycles. The van der Waals surface area contributed by atoms with Crippen LogP contribution in [0.1, 0.15) is 176 Å². The van der Waals surface area contributed by atoms with E-state index in [1.165, 1.54) is 135 Å². The minimum absolute atomic E-state index is 0.576. The zero-order valence-corrected chi connectivity index (χ0v) is 22.9. The van der Waals surface area contributed by atoms with Crippen molar-refractivity contribution in [3.05, 3.63) is 6.92 Å². The molecule has 0 saturated heterocycles. The van der Waals surface area contributed by atoms with Crippen molar-refractivity contribution in [2.24, 2.45) is 17.3 Å². The lowest BCUT2D eigenvalue weighted by molar-refractivity contribution is 0.115. The summed E-state index contributed by atoms with van der Waals surface area (Å²) >= 11 is 0. The van der Waals surface area contributed by atoms with Gasteiger partial charge in [-0.15, -0.1) is 0 Å². The first-order chi connectivity index (χ1) is 15.1. The highest BCUT2D eigenvalue weighted by atomic mass is 14.4. The summed E-state index contributed by atoms with van der Waals surface area (Å²) in [6, 6.07) is 0. The van der Waals surface area contributed by atoms with Crippen molar-refractivity contribution in [3.63, 3.8) is 0 Å². The van der Waals surface area contributed by atoms with Crippen LogP contribution in [-0.2, 0) is 0 Å². The summed E-state index contributed by atoms with van der Waals surface area (Å²) < 4.78 is 0. The molecule has 0 bridgehead atoms. The third-order valence-electron chi connectivity index (χ3n) is 7.75. The van der Waals surface area contributed by atoms with Gasteiger partial charge in [0.05, 0.1) is 0 Å². The first-order valence-electron chi connectivity index (χ1n) is 14.9. The van der Waals surface area contributed by atoms with Gasteiger partial charge in [-0.1, -0.05) is 157 Å². The van der Waals surface area contributed by atoms with Gasteiger partial charge in [0.25, 0.3) is 0 Å². The monoisotopic (exact) mass is 435 g/mol. The van der Waals surface area contributed by atoms with Gasteiger partial charge < -0.3 is 0 Å². The van der Waals surface area contributed by atoms with Crippen LogP contribution in [0.15, 0.2) is 0 Å². The maximum atomic E-state index is 4.36. The molecule has 0 saturated carbocycles. The molecule has 0 heteroatoms. The minimum atomic E-state index is 0.576. The van der Waals surface area contributed by atoms with Crippen molar-refractivity contribution in [2.45, 2.75) is 176 Å². The van der Waals surface area contributed by atoms with Crippen LogP contribution in [0, 0.1) is 24.2 Å². The third kappa shape index (κ3) is 16.3. The Labute approximate surface area is 200 Å². The Morgan fingerprint density at radius 2 is 0.871 bits per heavy atom. The van der Waals surface area contributed by atoms with E-state index >= 15 is 0 Å². The number of unbranched alkanes of at least 4 members (excludes halogenated alkanes) is 8. The molecule has 31 heavy (non-hydrogen) atoms. The van der Waals surface area contributed by atoms with E-state index in [9.17, 15) is 0 Å². The predicted molar refractivity (Wildman–Crippen MR) is 145 cm³/mol. The second-order valence-corrected chi connectivity index (χ2v) is 11.0. The highest BCUT2D eigenvalue weighted by Crippen LogP contribution is 2.46. The summed E-state index contributed by atoms with van der Waals surface area (Å²) in [5.74, 6) is 1.90. The Kier molecular flexibility index (Phi) is 21.8. The molecule has 0 amide bonds. The van der Waals surface area contributed by atoms with Crippen molar-refractivity contribution >= 4 is 0 Å². The molecule has 187 valence electrons. The fourth-order valence-corrected chi connectivity index (χ4v) is 6.36. The average Bonchev–Trinajstić information content (AvgIpc) is 2.73. The first kappa shape index (κ1) is 31.0. The van der Waals surface area contributed by atoms with Gasteiger partial charge in [0.1, 0.15) is 0 Å². The van der Waals surface area contributed by atoms with Crippen LogP contribution >= 0.6 is 0 Å². The zero-order valence-electron chi connectivity index (χ0n) is 22.9. The second kappa shape index (κ2) is 21.8.